The monoisotopic (exact) mass is 280 g/mol. The van der Waals surface area contributed by atoms with Crippen molar-refractivity contribution in [3.05, 3.63) is 30.1 Å². The number of hydrogen-bond acceptors (Lipinski definition) is 2. The van der Waals surface area contributed by atoms with Crippen LogP contribution in [-0.2, 0) is 0 Å². The van der Waals surface area contributed by atoms with Crippen molar-refractivity contribution in [2.75, 3.05) is 24.5 Å². The molecule has 0 saturated carbocycles. The third-order valence-electron chi connectivity index (χ3n) is 3.29. The molecule has 0 aromatic heterocycles. The van der Waals surface area contributed by atoms with Crippen LogP contribution in [0.1, 0.15) is 41.5 Å². The first-order chi connectivity index (χ1) is 9.14. The molecule has 1 aromatic carbocycles. The van der Waals surface area contributed by atoms with Crippen molar-refractivity contribution >= 4 is 5.69 Å². The summed E-state index contributed by atoms with van der Waals surface area (Å²) in [6.07, 6.45) is 0. The molecular weight excluding hydrogens is 251 g/mol. The second-order valence-corrected chi connectivity index (χ2v) is 7.23. The molecule has 1 rings (SSSR count). The minimum atomic E-state index is -0.145. The van der Waals surface area contributed by atoms with Gasteiger partial charge in [0.15, 0.2) is 0 Å². The number of rotatable bonds is 6. The number of anilines is 1. The molecule has 3 heteroatoms. The summed E-state index contributed by atoms with van der Waals surface area (Å²) in [6.45, 7) is 15.5. The Bertz CT molecular complexity index is 421. The number of halogens is 1. The minimum absolute atomic E-state index is 0.0750. The fourth-order valence-electron chi connectivity index (χ4n) is 2.15. The average molecular weight is 280 g/mol. The van der Waals surface area contributed by atoms with Crippen LogP contribution in [0.3, 0.4) is 0 Å². The molecule has 2 nitrogen and oxygen atoms in total. The molecule has 0 bridgehead atoms. The van der Waals surface area contributed by atoms with Crippen LogP contribution in [-0.4, -0.2) is 25.2 Å². The van der Waals surface area contributed by atoms with E-state index in [9.17, 15) is 4.39 Å². The zero-order valence-corrected chi connectivity index (χ0v) is 13.8. The van der Waals surface area contributed by atoms with E-state index in [2.05, 4.69) is 51.8 Å². The maximum Gasteiger partial charge on any atom is 0.146 e. The Morgan fingerprint density at radius 1 is 1.10 bits per heavy atom. The van der Waals surface area contributed by atoms with Crippen molar-refractivity contribution in [1.82, 2.24) is 5.32 Å². The fraction of sp³-hybridized carbons (Fsp3) is 0.647. The third kappa shape index (κ3) is 5.49. The molecule has 0 unspecified atom stereocenters. The molecule has 1 N–H and O–H groups in total. The summed E-state index contributed by atoms with van der Waals surface area (Å²) >= 11 is 0. The van der Waals surface area contributed by atoms with Gasteiger partial charge in [-0.25, -0.2) is 4.39 Å². The van der Waals surface area contributed by atoms with Crippen molar-refractivity contribution in [3.63, 3.8) is 0 Å². The molecule has 0 fully saturated rings. The standard InChI is InChI=1S/C17H29FN2/c1-7-20(15-11-9-8-10-14(15)18)13-17(5,6)12-19-16(2,3)4/h8-11,19H,7,12-13H2,1-6H3. The van der Waals surface area contributed by atoms with Crippen molar-refractivity contribution < 1.29 is 4.39 Å². The highest BCUT2D eigenvalue weighted by Crippen LogP contribution is 2.24. The Morgan fingerprint density at radius 3 is 2.20 bits per heavy atom. The summed E-state index contributed by atoms with van der Waals surface area (Å²) < 4.78 is 13.9. The van der Waals surface area contributed by atoms with Crippen molar-refractivity contribution in [3.8, 4) is 0 Å². The van der Waals surface area contributed by atoms with Crippen LogP contribution in [0.4, 0.5) is 10.1 Å². The molecule has 0 saturated heterocycles. The van der Waals surface area contributed by atoms with Crippen LogP contribution >= 0.6 is 0 Å². The lowest BCUT2D eigenvalue weighted by molar-refractivity contribution is 0.292. The molecule has 0 atom stereocenters. The summed E-state index contributed by atoms with van der Waals surface area (Å²) in [5, 5.41) is 3.54. The van der Waals surface area contributed by atoms with Crippen molar-refractivity contribution in [2.45, 2.75) is 47.1 Å². The quantitative estimate of drug-likeness (QED) is 0.845. The maximum absolute atomic E-state index is 13.9. The molecule has 1 aromatic rings. The second-order valence-electron chi connectivity index (χ2n) is 7.23. The first-order valence-electron chi connectivity index (χ1n) is 7.39. The van der Waals surface area contributed by atoms with Gasteiger partial charge < -0.3 is 10.2 Å². The van der Waals surface area contributed by atoms with Gasteiger partial charge >= 0.3 is 0 Å². The Labute approximate surface area is 123 Å². The SMILES string of the molecule is CCN(CC(C)(C)CNC(C)(C)C)c1ccccc1F. The zero-order chi connectivity index (χ0) is 15.4. The van der Waals surface area contributed by atoms with Crippen LogP contribution in [0.2, 0.25) is 0 Å². The summed E-state index contributed by atoms with van der Waals surface area (Å²) in [6, 6.07) is 7.00. The highest BCUT2D eigenvalue weighted by Gasteiger charge is 2.24. The molecule has 0 amide bonds. The van der Waals surface area contributed by atoms with Gasteiger partial charge in [0, 0.05) is 25.2 Å². The van der Waals surface area contributed by atoms with E-state index < -0.39 is 0 Å². The van der Waals surface area contributed by atoms with E-state index >= 15 is 0 Å². The van der Waals surface area contributed by atoms with Crippen LogP contribution < -0.4 is 10.2 Å². The van der Waals surface area contributed by atoms with Gasteiger partial charge in [-0.15, -0.1) is 0 Å². The Morgan fingerprint density at radius 2 is 1.70 bits per heavy atom. The van der Waals surface area contributed by atoms with Crippen molar-refractivity contribution in [1.29, 1.82) is 0 Å². The molecule has 0 spiro atoms. The van der Waals surface area contributed by atoms with Gasteiger partial charge in [0.1, 0.15) is 5.82 Å². The van der Waals surface area contributed by atoms with E-state index in [-0.39, 0.29) is 16.8 Å². The number of nitrogens with one attached hydrogen (secondary N) is 1. The molecule has 0 heterocycles. The first-order valence-corrected chi connectivity index (χ1v) is 7.39. The van der Waals surface area contributed by atoms with Gasteiger partial charge in [-0.05, 0) is 45.2 Å². The van der Waals surface area contributed by atoms with E-state index in [1.165, 1.54) is 6.07 Å². The molecule has 0 aliphatic rings. The largest absolute Gasteiger partial charge is 0.369 e. The molecular formula is C17H29FN2. The van der Waals surface area contributed by atoms with Crippen LogP contribution in [0.15, 0.2) is 24.3 Å². The molecule has 0 radical (unpaired) electrons. The third-order valence-corrected chi connectivity index (χ3v) is 3.29. The summed E-state index contributed by atoms with van der Waals surface area (Å²) in [4.78, 5) is 2.11. The van der Waals surface area contributed by atoms with Crippen LogP contribution in [0, 0.1) is 11.2 Å². The number of hydrogen-bond donors (Lipinski definition) is 1. The molecule has 0 aliphatic heterocycles. The van der Waals surface area contributed by atoms with Gasteiger partial charge in [-0.1, -0.05) is 26.0 Å². The van der Waals surface area contributed by atoms with E-state index in [0.29, 0.717) is 5.69 Å². The number of benzene rings is 1. The normalized spacial score (nSPS) is 12.6. The predicted molar refractivity (Wildman–Crippen MR) is 85.8 cm³/mol. The second kappa shape index (κ2) is 6.57. The zero-order valence-electron chi connectivity index (χ0n) is 13.8. The summed E-state index contributed by atoms with van der Waals surface area (Å²) in [5.41, 5.74) is 0.872. The molecule has 0 aliphatic carbocycles. The lowest BCUT2D eigenvalue weighted by atomic mass is 9.91. The Hall–Kier alpha value is -1.09. The Balaban J connectivity index is 2.75. The minimum Gasteiger partial charge on any atom is -0.369 e. The predicted octanol–water partition coefficient (Wildman–Crippen LogP) is 4.07. The molecule has 20 heavy (non-hydrogen) atoms. The number of nitrogens with zero attached hydrogens (tertiary/aromatic N) is 1. The highest BCUT2D eigenvalue weighted by molar-refractivity contribution is 5.47. The van der Waals surface area contributed by atoms with Crippen molar-refractivity contribution in [2.24, 2.45) is 5.41 Å². The lowest BCUT2D eigenvalue weighted by Crippen LogP contribution is -2.46. The van der Waals surface area contributed by atoms with Gasteiger partial charge in [0.05, 0.1) is 5.69 Å². The van der Waals surface area contributed by atoms with Gasteiger partial charge in [-0.3, -0.25) is 0 Å². The fourth-order valence-corrected chi connectivity index (χ4v) is 2.15. The Kier molecular flexibility index (Phi) is 5.58. The summed E-state index contributed by atoms with van der Waals surface area (Å²) in [5.74, 6) is -0.145. The maximum atomic E-state index is 13.9. The smallest absolute Gasteiger partial charge is 0.146 e. The summed E-state index contributed by atoms with van der Waals surface area (Å²) in [7, 11) is 0. The lowest BCUT2D eigenvalue weighted by Gasteiger charge is -2.36. The first kappa shape index (κ1) is 17.0. The van der Waals surface area contributed by atoms with E-state index in [1.807, 2.05) is 12.1 Å². The average Bonchev–Trinajstić information content (AvgIpc) is 2.34. The van der Waals surface area contributed by atoms with E-state index in [1.54, 1.807) is 6.07 Å². The topological polar surface area (TPSA) is 15.3 Å². The highest BCUT2D eigenvalue weighted by atomic mass is 19.1. The van der Waals surface area contributed by atoms with Gasteiger partial charge in [0.2, 0.25) is 0 Å². The number of para-hydroxylation sites is 1. The molecule has 114 valence electrons. The van der Waals surface area contributed by atoms with E-state index in [0.717, 1.165) is 19.6 Å². The van der Waals surface area contributed by atoms with Crippen LogP contribution in [0.5, 0.6) is 0 Å². The van der Waals surface area contributed by atoms with E-state index in [4.69, 9.17) is 0 Å². The van der Waals surface area contributed by atoms with Gasteiger partial charge in [0.25, 0.3) is 0 Å². The van der Waals surface area contributed by atoms with Gasteiger partial charge in [-0.2, -0.15) is 0 Å². The van der Waals surface area contributed by atoms with Crippen LogP contribution in [0.25, 0.3) is 0 Å².